The SMILES string of the molecule is O=C(Nc1ccc(Cl)cc1)Nc1nnc(C=Cc2ccc(Cl)c(Cl)c2)o1. The predicted octanol–water partition coefficient (Wildman–Crippen LogP) is 5.84. The first kappa shape index (κ1) is 18.3. The second-order valence-corrected chi connectivity index (χ2v) is 6.29. The first-order chi connectivity index (χ1) is 12.5. The third-order valence-corrected chi connectivity index (χ3v) is 4.12. The van der Waals surface area contributed by atoms with Crippen LogP contribution in [0.5, 0.6) is 0 Å². The van der Waals surface area contributed by atoms with Crippen LogP contribution in [-0.2, 0) is 0 Å². The van der Waals surface area contributed by atoms with E-state index in [-0.39, 0.29) is 11.9 Å². The molecule has 26 heavy (non-hydrogen) atoms. The number of rotatable bonds is 4. The summed E-state index contributed by atoms with van der Waals surface area (Å²) in [5, 5.41) is 14.1. The molecule has 6 nitrogen and oxygen atoms in total. The lowest BCUT2D eigenvalue weighted by molar-refractivity contribution is 0.261. The fourth-order valence-corrected chi connectivity index (χ4v) is 2.36. The molecule has 0 fully saturated rings. The van der Waals surface area contributed by atoms with E-state index in [4.69, 9.17) is 39.2 Å². The molecule has 2 aromatic carbocycles. The zero-order chi connectivity index (χ0) is 18.5. The lowest BCUT2D eigenvalue weighted by atomic mass is 10.2. The molecule has 0 radical (unpaired) electrons. The van der Waals surface area contributed by atoms with E-state index in [1.165, 1.54) is 0 Å². The van der Waals surface area contributed by atoms with Crippen molar-refractivity contribution >= 4 is 64.7 Å². The molecule has 3 aromatic rings. The van der Waals surface area contributed by atoms with Gasteiger partial charge in [-0.3, -0.25) is 5.32 Å². The van der Waals surface area contributed by atoms with Crippen LogP contribution in [0.4, 0.5) is 16.5 Å². The van der Waals surface area contributed by atoms with Gasteiger partial charge < -0.3 is 9.73 Å². The number of benzene rings is 2. The third kappa shape index (κ3) is 4.98. The molecule has 0 atom stereocenters. The molecule has 0 aliphatic heterocycles. The zero-order valence-electron chi connectivity index (χ0n) is 13.0. The Balaban J connectivity index is 1.60. The van der Waals surface area contributed by atoms with Crippen molar-refractivity contribution in [2.24, 2.45) is 0 Å². The van der Waals surface area contributed by atoms with E-state index < -0.39 is 6.03 Å². The number of hydrogen-bond acceptors (Lipinski definition) is 4. The molecule has 2 N–H and O–H groups in total. The Kier molecular flexibility index (Phi) is 5.78. The molecule has 0 saturated heterocycles. The van der Waals surface area contributed by atoms with Crippen LogP contribution in [0.2, 0.25) is 15.1 Å². The fraction of sp³-hybridized carbons (Fsp3) is 0. The van der Waals surface area contributed by atoms with Crippen molar-refractivity contribution < 1.29 is 9.21 Å². The second-order valence-electron chi connectivity index (χ2n) is 5.04. The van der Waals surface area contributed by atoms with Gasteiger partial charge in [-0.2, -0.15) is 0 Å². The number of anilines is 2. The minimum atomic E-state index is -0.518. The van der Waals surface area contributed by atoms with Crippen molar-refractivity contribution in [3.63, 3.8) is 0 Å². The summed E-state index contributed by atoms with van der Waals surface area (Å²) in [4.78, 5) is 11.9. The van der Waals surface area contributed by atoms with Crippen LogP contribution in [0.15, 0.2) is 46.9 Å². The van der Waals surface area contributed by atoms with Gasteiger partial charge in [0.1, 0.15) is 0 Å². The number of halogens is 3. The van der Waals surface area contributed by atoms with Crippen LogP contribution in [0.1, 0.15) is 11.5 Å². The van der Waals surface area contributed by atoms with Gasteiger partial charge in [-0.25, -0.2) is 4.79 Å². The van der Waals surface area contributed by atoms with Gasteiger partial charge in [-0.15, -0.1) is 5.10 Å². The standard InChI is InChI=1S/C17H11Cl3N4O2/c18-11-3-5-12(6-4-11)21-16(25)22-17-24-23-15(26-17)8-2-10-1-7-13(19)14(20)9-10/h1-9H,(H2,21,22,24,25). The Morgan fingerprint density at radius 3 is 2.42 bits per heavy atom. The highest BCUT2D eigenvalue weighted by molar-refractivity contribution is 6.42. The highest BCUT2D eigenvalue weighted by Gasteiger charge is 2.08. The van der Waals surface area contributed by atoms with Crippen molar-refractivity contribution in [3.05, 3.63) is 69.0 Å². The summed E-state index contributed by atoms with van der Waals surface area (Å²) in [5.41, 5.74) is 1.39. The van der Waals surface area contributed by atoms with Crippen molar-refractivity contribution in [2.75, 3.05) is 10.6 Å². The average molecular weight is 410 g/mol. The van der Waals surface area contributed by atoms with E-state index in [1.54, 1.807) is 54.6 Å². The van der Waals surface area contributed by atoms with Crippen molar-refractivity contribution in [1.82, 2.24) is 10.2 Å². The van der Waals surface area contributed by atoms with Crippen molar-refractivity contribution in [1.29, 1.82) is 0 Å². The summed E-state index contributed by atoms with van der Waals surface area (Å²) >= 11 is 17.6. The highest BCUT2D eigenvalue weighted by atomic mass is 35.5. The van der Waals surface area contributed by atoms with Crippen LogP contribution < -0.4 is 10.6 Å². The third-order valence-electron chi connectivity index (χ3n) is 3.13. The van der Waals surface area contributed by atoms with Gasteiger partial charge in [-0.1, -0.05) is 46.0 Å². The Labute approximate surface area is 163 Å². The van der Waals surface area contributed by atoms with E-state index in [1.807, 2.05) is 0 Å². The van der Waals surface area contributed by atoms with Crippen LogP contribution >= 0.6 is 34.8 Å². The van der Waals surface area contributed by atoms with Gasteiger partial charge in [0.25, 0.3) is 0 Å². The number of amides is 2. The first-order valence-corrected chi connectivity index (χ1v) is 8.43. The quantitative estimate of drug-likeness (QED) is 0.567. The molecule has 3 rings (SSSR count). The maximum Gasteiger partial charge on any atom is 0.327 e. The summed E-state index contributed by atoms with van der Waals surface area (Å²) in [5.74, 6) is 0.220. The summed E-state index contributed by atoms with van der Waals surface area (Å²) in [6, 6.07) is 11.3. The molecule has 132 valence electrons. The minimum absolute atomic E-state index is 0.0368. The van der Waals surface area contributed by atoms with Crippen LogP contribution in [0.25, 0.3) is 12.2 Å². The van der Waals surface area contributed by atoms with E-state index in [2.05, 4.69) is 20.8 Å². The monoisotopic (exact) mass is 408 g/mol. The molecule has 1 aromatic heterocycles. The second kappa shape index (κ2) is 8.23. The smallest absolute Gasteiger partial charge is 0.327 e. The van der Waals surface area contributed by atoms with Gasteiger partial charge in [0.15, 0.2) is 0 Å². The van der Waals surface area contributed by atoms with Crippen LogP contribution in [0.3, 0.4) is 0 Å². The lowest BCUT2D eigenvalue weighted by Gasteiger charge is -2.04. The van der Waals surface area contributed by atoms with Gasteiger partial charge >= 0.3 is 12.0 Å². The maximum absolute atomic E-state index is 11.9. The number of urea groups is 1. The summed E-state index contributed by atoms with van der Waals surface area (Å²) in [7, 11) is 0. The Morgan fingerprint density at radius 2 is 1.69 bits per heavy atom. The lowest BCUT2D eigenvalue weighted by Crippen LogP contribution is -2.19. The van der Waals surface area contributed by atoms with Crippen molar-refractivity contribution in [3.8, 4) is 0 Å². The van der Waals surface area contributed by atoms with Crippen LogP contribution in [-0.4, -0.2) is 16.2 Å². The van der Waals surface area contributed by atoms with Gasteiger partial charge in [0.2, 0.25) is 5.89 Å². The van der Waals surface area contributed by atoms with Gasteiger partial charge in [0, 0.05) is 16.8 Å². The molecule has 0 aliphatic rings. The summed E-state index contributed by atoms with van der Waals surface area (Å²) in [6.45, 7) is 0. The molecule has 0 unspecified atom stereocenters. The summed E-state index contributed by atoms with van der Waals surface area (Å²) in [6.07, 6.45) is 3.32. The largest absolute Gasteiger partial charge is 0.404 e. The number of carbonyl (C=O) groups is 1. The number of aromatic nitrogens is 2. The Morgan fingerprint density at radius 1 is 0.923 bits per heavy atom. The number of nitrogens with zero attached hydrogens (tertiary/aromatic N) is 2. The molecular formula is C17H11Cl3N4O2. The minimum Gasteiger partial charge on any atom is -0.404 e. The van der Waals surface area contributed by atoms with Crippen molar-refractivity contribution in [2.45, 2.75) is 0 Å². The summed E-state index contributed by atoms with van der Waals surface area (Å²) < 4.78 is 5.33. The molecule has 0 aliphatic carbocycles. The predicted molar refractivity (Wildman–Crippen MR) is 104 cm³/mol. The molecule has 9 heteroatoms. The van der Waals surface area contributed by atoms with E-state index in [0.717, 1.165) is 5.56 Å². The van der Waals surface area contributed by atoms with E-state index in [0.29, 0.717) is 20.8 Å². The number of carbonyl (C=O) groups excluding carboxylic acids is 1. The van der Waals surface area contributed by atoms with E-state index >= 15 is 0 Å². The normalized spacial score (nSPS) is 10.9. The Hall–Kier alpha value is -2.54. The molecule has 1 heterocycles. The first-order valence-electron chi connectivity index (χ1n) is 7.30. The highest BCUT2D eigenvalue weighted by Crippen LogP contribution is 2.23. The zero-order valence-corrected chi connectivity index (χ0v) is 15.3. The molecule has 0 saturated carbocycles. The van der Waals surface area contributed by atoms with E-state index in [9.17, 15) is 4.79 Å². The molecule has 2 amide bonds. The molecule has 0 spiro atoms. The van der Waals surface area contributed by atoms with Gasteiger partial charge in [0.05, 0.1) is 10.0 Å². The Bertz CT molecular complexity index is 955. The average Bonchev–Trinajstić information content (AvgIpc) is 3.05. The maximum atomic E-state index is 11.9. The fourth-order valence-electron chi connectivity index (χ4n) is 1.93. The molecular weight excluding hydrogens is 399 g/mol. The topological polar surface area (TPSA) is 80.0 Å². The number of nitrogens with one attached hydrogen (secondary N) is 2. The molecule has 0 bridgehead atoms. The van der Waals surface area contributed by atoms with Crippen LogP contribution in [0, 0.1) is 0 Å². The van der Waals surface area contributed by atoms with Gasteiger partial charge in [-0.05, 0) is 48.0 Å². The number of hydrogen-bond donors (Lipinski definition) is 2.